The normalized spacial score (nSPS) is 22.5. The number of unbranched alkanes of at least 4 members (excludes halogenated alkanes) is 1. The van der Waals surface area contributed by atoms with Crippen molar-refractivity contribution in [1.82, 2.24) is 10.2 Å². The second-order valence-electron chi connectivity index (χ2n) is 8.87. The van der Waals surface area contributed by atoms with Crippen LogP contribution in [0.3, 0.4) is 0 Å². The fourth-order valence-corrected chi connectivity index (χ4v) is 4.67. The quantitative estimate of drug-likeness (QED) is 0.653. The van der Waals surface area contributed by atoms with Crippen molar-refractivity contribution in [2.75, 3.05) is 37.6 Å². The Balaban J connectivity index is 1.32. The van der Waals surface area contributed by atoms with Gasteiger partial charge in [-0.05, 0) is 75.6 Å². The first kappa shape index (κ1) is 22.6. The maximum atomic E-state index is 14.1. The van der Waals surface area contributed by atoms with E-state index < -0.39 is 0 Å². The van der Waals surface area contributed by atoms with Gasteiger partial charge in [-0.25, -0.2) is 4.39 Å². The predicted molar refractivity (Wildman–Crippen MR) is 118 cm³/mol. The van der Waals surface area contributed by atoms with Gasteiger partial charge in [0.15, 0.2) is 0 Å². The summed E-state index contributed by atoms with van der Waals surface area (Å²) in [4.78, 5) is 16.6. The zero-order valence-corrected chi connectivity index (χ0v) is 18.2. The van der Waals surface area contributed by atoms with Crippen LogP contribution in [-0.2, 0) is 4.79 Å². The summed E-state index contributed by atoms with van der Waals surface area (Å²) >= 11 is 0. The van der Waals surface area contributed by atoms with Crippen LogP contribution in [0.4, 0.5) is 10.1 Å². The van der Waals surface area contributed by atoms with E-state index in [1.54, 1.807) is 6.07 Å². The van der Waals surface area contributed by atoms with Crippen LogP contribution in [0, 0.1) is 30.0 Å². The van der Waals surface area contributed by atoms with Crippen LogP contribution >= 0.6 is 0 Å². The van der Waals surface area contributed by atoms with E-state index in [4.69, 9.17) is 5.26 Å². The molecule has 6 heteroatoms. The van der Waals surface area contributed by atoms with Crippen LogP contribution in [0.1, 0.15) is 56.9 Å². The van der Waals surface area contributed by atoms with Crippen molar-refractivity contribution >= 4 is 11.6 Å². The Morgan fingerprint density at radius 2 is 1.93 bits per heavy atom. The Kier molecular flexibility index (Phi) is 8.50. The SMILES string of the molecule is Cc1ccc(F)c(N2CCN(CC[C@H]3CC[C@H](NC(=O)CCCC#N)CC3)CC2)c1. The van der Waals surface area contributed by atoms with E-state index in [1.165, 1.54) is 19.3 Å². The summed E-state index contributed by atoms with van der Waals surface area (Å²) in [6.07, 6.45) is 7.27. The molecule has 0 bridgehead atoms. The van der Waals surface area contributed by atoms with Crippen LogP contribution in [-0.4, -0.2) is 49.6 Å². The molecule has 1 aliphatic carbocycles. The standard InChI is InChI=1S/C24H35FN4O/c1-19-5-10-22(25)23(18-19)29-16-14-28(15-17-29)13-11-20-6-8-21(9-7-20)27-24(30)4-2-3-12-26/h5,10,18,20-21H,2-4,6-9,11,13-17H2,1H3,(H,27,30)/t20-,21-. The van der Waals surface area contributed by atoms with Crippen molar-refractivity contribution in [2.45, 2.75) is 64.3 Å². The number of nitrogens with one attached hydrogen (secondary N) is 1. The summed E-state index contributed by atoms with van der Waals surface area (Å²) in [6, 6.07) is 7.74. The number of hydrogen-bond acceptors (Lipinski definition) is 4. The lowest BCUT2D eigenvalue weighted by Crippen LogP contribution is -2.47. The molecule has 30 heavy (non-hydrogen) atoms. The molecule has 0 radical (unpaired) electrons. The van der Waals surface area contributed by atoms with Gasteiger partial charge in [0, 0.05) is 45.1 Å². The van der Waals surface area contributed by atoms with Gasteiger partial charge >= 0.3 is 0 Å². The van der Waals surface area contributed by atoms with Crippen molar-refractivity contribution in [3.05, 3.63) is 29.6 Å². The molecular formula is C24H35FN4O. The molecule has 0 unspecified atom stereocenters. The van der Waals surface area contributed by atoms with Gasteiger partial charge in [0.05, 0.1) is 11.8 Å². The molecule has 1 aromatic carbocycles. The number of nitriles is 1. The van der Waals surface area contributed by atoms with E-state index in [0.717, 1.165) is 62.7 Å². The molecule has 0 aromatic heterocycles. The van der Waals surface area contributed by atoms with E-state index in [1.807, 2.05) is 19.1 Å². The third-order valence-electron chi connectivity index (χ3n) is 6.57. The minimum absolute atomic E-state index is 0.0941. The number of piperazine rings is 1. The van der Waals surface area contributed by atoms with E-state index in [0.29, 0.717) is 25.3 Å². The molecule has 1 saturated carbocycles. The van der Waals surface area contributed by atoms with Crippen molar-refractivity contribution in [3.8, 4) is 6.07 Å². The first-order chi connectivity index (χ1) is 14.5. The molecule has 1 heterocycles. The van der Waals surface area contributed by atoms with Gasteiger partial charge in [0.1, 0.15) is 5.82 Å². The van der Waals surface area contributed by atoms with E-state index in [2.05, 4.69) is 21.2 Å². The number of rotatable bonds is 8. The number of aryl methyl sites for hydroxylation is 1. The number of carbonyl (C=O) groups excluding carboxylic acids is 1. The lowest BCUT2D eigenvalue weighted by Gasteiger charge is -2.37. The van der Waals surface area contributed by atoms with Crippen LogP contribution in [0.15, 0.2) is 18.2 Å². The second kappa shape index (κ2) is 11.3. The summed E-state index contributed by atoms with van der Waals surface area (Å²) in [5.74, 6) is 0.712. The fraction of sp³-hybridized carbons (Fsp3) is 0.667. The van der Waals surface area contributed by atoms with Crippen LogP contribution in [0.25, 0.3) is 0 Å². The van der Waals surface area contributed by atoms with Crippen LogP contribution in [0.5, 0.6) is 0 Å². The number of hydrogen-bond donors (Lipinski definition) is 1. The smallest absolute Gasteiger partial charge is 0.220 e. The highest BCUT2D eigenvalue weighted by molar-refractivity contribution is 5.76. The number of anilines is 1. The Labute approximate surface area is 180 Å². The van der Waals surface area contributed by atoms with Gasteiger partial charge in [-0.3, -0.25) is 9.69 Å². The Bertz CT molecular complexity index is 731. The van der Waals surface area contributed by atoms with Crippen molar-refractivity contribution in [3.63, 3.8) is 0 Å². The molecular weight excluding hydrogens is 379 g/mol. The largest absolute Gasteiger partial charge is 0.367 e. The molecule has 2 aliphatic rings. The number of benzene rings is 1. The molecule has 164 valence electrons. The molecule has 0 spiro atoms. The maximum Gasteiger partial charge on any atom is 0.220 e. The lowest BCUT2D eigenvalue weighted by atomic mass is 9.84. The van der Waals surface area contributed by atoms with Gasteiger partial charge in [0.2, 0.25) is 5.91 Å². The summed E-state index contributed by atoms with van der Waals surface area (Å²) in [5.41, 5.74) is 1.84. The number of carbonyl (C=O) groups is 1. The number of amides is 1. The Morgan fingerprint density at radius 1 is 1.20 bits per heavy atom. The van der Waals surface area contributed by atoms with Crippen molar-refractivity contribution in [1.29, 1.82) is 5.26 Å². The Hall–Kier alpha value is -2.13. The van der Waals surface area contributed by atoms with Crippen molar-refractivity contribution < 1.29 is 9.18 Å². The van der Waals surface area contributed by atoms with E-state index in [-0.39, 0.29) is 11.7 Å². The monoisotopic (exact) mass is 414 g/mol. The lowest BCUT2D eigenvalue weighted by molar-refractivity contribution is -0.122. The first-order valence-corrected chi connectivity index (χ1v) is 11.4. The predicted octanol–water partition coefficient (Wildman–Crippen LogP) is 4.02. The molecule has 1 saturated heterocycles. The molecule has 1 aromatic rings. The minimum atomic E-state index is -0.122. The van der Waals surface area contributed by atoms with Gasteiger partial charge in [-0.1, -0.05) is 6.07 Å². The zero-order chi connectivity index (χ0) is 21.3. The molecule has 0 atom stereocenters. The summed E-state index contributed by atoms with van der Waals surface area (Å²) in [5, 5.41) is 11.7. The highest BCUT2D eigenvalue weighted by atomic mass is 19.1. The number of nitrogens with zero attached hydrogens (tertiary/aromatic N) is 3. The molecule has 2 fully saturated rings. The van der Waals surface area contributed by atoms with Gasteiger partial charge < -0.3 is 10.2 Å². The molecule has 1 amide bonds. The van der Waals surface area contributed by atoms with Crippen LogP contribution in [0.2, 0.25) is 0 Å². The number of halogens is 1. The van der Waals surface area contributed by atoms with E-state index >= 15 is 0 Å². The fourth-order valence-electron chi connectivity index (χ4n) is 4.67. The van der Waals surface area contributed by atoms with Gasteiger partial charge in [-0.2, -0.15) is 5.26 Å². The topological polar surface area (TPSA) is 59.4 Å². The molecule has 5 nitrogen and oxygen atoms in total. The average Bonchev–Trinajstić information content (AvgIpc) is 2.75. The van der Waals surface area contributed by atoms with Crippen LogP contribution < -0.4 is 10.2 Å². The Morgan fingerprint density at radius 3 is 2.63 bits per heavy atom. The van der Waals surface area contributed by atoms with E-state index in [9.17, 15) is 9.18 Å². The average molecular weight is 415 g/mol. The first-order valence-electron chi connectivity index (χ1n) is 11.4. The molecule has 1 N–H and O–H groups in total. The van der Waals surface area contributed by atoms with Gasteiger partial charge in [0.25, 0.3) is 0 Å². The second-order valence-corrected chi connectivity index (χ2v) is 8.87. The minimum Gasteiger partial charge on any atom is -0.367 e. The van der Waals surface area contributed by atoms with Crippen molar-refractivity contribution in [2.24, 2.45) is 5.92 Å². The van der Waals surface area contributed by atoms with Gasteiger partial charge in [-0.15, -0.1) is 0 Å². The summed E-state index contributed by atoms with van der Waals surface area (Å²) in [6.45, 7) is 6.85. The molecule has 1 aliphatic heterocycles. The zero-order valence-electron chi connectivity index (χ0n) is 18.2. The highest BCUT2D eigenvalue weighted by Crippen LogP contribution is 2.28. The summed E-state index contributed by atoms with van der Waals surface area (Å²) < 4.78 is 14.1. The summed E-state index contributed by atoms with van der Waals surface area (Å²) in [7, 11) is 0. The molecule has 3 rings (SSSR count). The maximum absolute atomic E-state index is 14.1. The third-order valence-corrected chi connectivity index (χ3v) is 6.57. The third kappa shape index (κ3) is 6.70. The highest BCUT2D eigenvalue weighted by Gasteiger charge is 2.24.